The first-order valence-electron chi connectivity index (χ1n) is 8.62. The number of hydrogen-bond acceptors (Lipinski definition) is 4. The molecule has 0 radical (unpaired) electrons. The summed E-state index contributed by atoms with van der Waals surface area (Å²) >= 11 is 0. The number of carbonyl (C=O) groups is 1. The fraction of sp³-hybridized carbons (Fsp3) is 0.350. The SMILES string of the molecule is COc1ccccc1Oc1ccc(NC(=O)C2(N)CCCCC2)cc1.Cl. The van der Waals surface area contributed by atoms with Gasteiger partial charge in [-0.2, -0.15) is 0 Å². The predicted molar refractivity (Wildman–Crippen MR) is 105 cm³/mol. The van der Waals surface area contributed by atoms with E-state index in [-0.39, 0.29) is 18.3 Å². The van der Waals surface area contributed by atoms with Gasteiger partial charge < -0.3 is 20.5 Å². The fourth-order valence-corrected chi connectivity index (χ4v) is 3.10. The lowest BCUT2D eigenvalue weighted by Gasteiger charge is -2.31. The second-order valence-corrected chi connectivity index (χ2v) is 6.45. The van der Waals surface area contributed by atoms with Crippen molar-refractivity contribution in [2.75, 3.05) is 12.4 Å². The maximum atomic E-state index is 12.5. The molecule has 140 valence electrons. The van der Waals surface area contributed by atoms with Crippen molar-refractivity contribution in [2.45, 2.75) is 37.6 Å². The number of anilines is 1. The highest BCUT2D eigenvalue weighted by molar-refractivity contribution is 5.98. The van der Waals surface area contributed by atoms with E-state index in [0.29, 0.717) is 22.9 Å². The van der Waals surface area contributed by atoms with Crippen molar-refractivity contribution in [2.24, 2.45) is 5.73 Å². The zero-order valence-electron chi connectivity index (χ0n) is 14.9. The molecule has 2 aromatic carbocycles. The van der Waals surface area contributed by atoms with Crippen LogP contribution >= 0.6 is 12.4 Å². The molecule has 1 fully saturated rings. The van der Waals surface area contributed by atoms with E-state index in [4.69, 9.17) is 15.2 Å². The van der Waals surface area contributed by atoms with Crippen molar-refractivity contribution in [3.63, 3.8) is 0 Å². The Morgan fingerprint density at radius 2 is 1.62 bits per heavy atom. The van der Waals surface area contributed by atoms with Gasteiger partial charge in [-0.25, -0.2) is 0 Å². The minimum Gasteiger partial charge on any atom is -0.493 e. The third-order valence-electron chi connectivity index (χ3n) is 4.61. The van der Waals surface area contributed by atoms with Crippen molar-refractivity contribution in [1.29, 1.82) is 0 Å². The van der Waals surface area contributed by atoms with Crippen molar-refractivity contribution >= 4 is 24.0 Å². The topological polar surface area (TPSA) is 73.6 Å². The number of halogens is 1. The first-order valence-corrected chi connectivity index (χ1v) is 8.62. The molecule has 0 unspecified atom stereocenters. The molecule has 6 heteroatoms. The van der Waals surface area contributed by atoms with Crippen molar-refractivity contribution in [3.05, 3.63) is 48.5 Å². The van der Waals surface area contributed by atoms with Crippen molar-refractivity contribution in [3.8, 4) is 17.2 Å². The molecule has 0 saturated heterocycles. The van der Waals surface area contributed by atoms with Crippen LogP contribution in [0, 0.1) is 0 Å². The second kappa shape index (κ2) is 8.92. The van der Waals surface area contributed by atoms with Crippen LogP contribution in [0.25, 0.3) is 0 Å². The highest BCUT2D eigenvalue weighted by Crippen LogP contribution is 2.32. The zero-order chi connectivity index (χ0) is 17.7. The highest BCUT2D eigenvalue weighted by atomic mass is 35.5. The third-order valence-corrected chi connectivity index (χ3v) is 4.61. The summed E-state index contributed by atoms with van der Waals surface area (Å²) in [6, 6.07) is 14.7. The lowest BCUT2D eigenvalue weighted by atomic mass is 9.82. The van der Waals surface area contributed by atoms with Crippen LogP contribution in [-0.2, 0) is 4.79 Å². The molecule has 2 aromatic rings. The summed E-state index contributed by atoms with van der Waals surface area (Å²) in [6.07, 6.45) is 4.66. The molecule has 0 bridgehead atoms. The van der Waals surface area contributed by atoms with E-state index in [2.05, 4.69) is 5.32 Å². The standard InChI is InChI=1S/C20H24N2O3.ClH/c1-24-17-7-3-4-8-18(17)25-16-11-9-15(10-12-16)22-19(23)20(21)13-5-2-6-14-20;/h3-4,7-12H,2,5-6,13-14,21H2,1H3,(H,22,23);1H. The summed E-state index contributed by atoms with van der Waals surface area (Å²) in [7, 11) is 1.61. The van der Waals surface area contributed by atoms with Crippen LogP contribution < -0.4 is 20.5 Å². The van der Waals surface area contributed by atoms with E-state index in [0.717, 1.165) is 32.1 Å². The summed E-state index contributed by atoms with van der Waals surface area (Å²) < 4.78 is 11.1. The zero-order valence-corrected chi connectivity index (χ0v) is 15.7. The van der Waals surface area contributed by atoms with Gasteiger partial charge >= 0.3 is 0 Å². The average Bonchev–Trinajstić information content (AvgIpc) is 2.64. The normalized spacial score (nSPS) is 15.5. The van der Waals surface area contributed by atoms with Crippen LogP contribution in [0.3, 0.4) is 0 Å². The van der Waals surface area contributed by atoms with Gasteiger partial charge in [0, 0.05) is 5.69 Å². The number of carbonyl (C=O) groups excluding carboxylic acids is 1. The third kappa shape index (κ3) is 4.68. The molecule has 0 aromatic heterocycles. The van der Waals surface area contributed by atoms with Crippen LogP contribution in [0.5, 0.6) is 17.2 Å². The maximum Gasteiger partial charge on any atom is 0.244 e. The molecule has 1 amide bonds. The monoisotopic (exact) mass is 376 g/mol. The molecule has 0 atom stereocenters. The van der Waals surface area contributed by atoms with Crippen LogP contribution in [0.2, 0.25) is 0 Å². The van der Waals surface area contributed by atoms with E-state index < -0.39 is 5.54 Å². The van der Waals surface area contributed by atoms with E-state index in [1.165, 1.54) is 0 Å². The fourth-order valence-electron chi connectivity index (χ4n) is 3.10. The quantitative estimate of drug-likeness (QED) is 0.805. The van der Waals surface area contributed by atoms with Gasteiger partial charge in [0.1, 0.15) is 5.75 Å². The molecular weight excluding hydrogens is 352 g/mol. The van der Waals surface area contributed by atoms with Crippen LogP contribution in [-0.4, -0.2) is 18.6 Å². The van der Waals surface area contributed by atoms with Gasteiger partial charge in [-0.05, 0) is 49.2 Å². The summed E-state index contributed by atoms with van der Waals surface area (Å²) in [5.74, 6) is 1.88. The van der Waals surface area contributed by atoms with Gasteiger partial charge in [-0.3, -0.25) is 4.79 Å². The summed E-state index contributed by atoms with van der Waals surface area (Å²) in [6.45, 7) is 0. The minimum atomic E-state index is -0.745. The molecule has 3 rings (SSSR count). The Hall–Kier alpha value is -2.24. The van der Waals surface area contributed by atoms with E-state index in [1.807, 2.05) is 48.5 Å². The number of ether oxygens (including phenoxy) is 2. The molecule has 26 heavy (non-hydrogen) atoms. The number of para-hydroxylation sites is 2. The summed E-state index contributed by atoms with van der Waals surface area (Å²) in [5, 5.41) is 2.92. The van der Waals surface area contributed by atoms with Gasteiger partial charge in [-0.15, -0.1) is 12.4 Å². The Morgan fingerprint density at radius 1 is 1.00 bits per heavy atom. The number of nitrogens with two attached hydrogens (primary N) is 1. The summed E-state index contributed by atoms with van der Waals surface area (Å²) in [5.41, 5.74) is 6.23. The Kier molecular flexibility index (Phi) is 6.89. The predicted octanol–water partition coefficient (Wildman–Crippen LogP) is 4.51. The molecule has 0 spiro atoms. The van der Waals surface area contributed by atoms with Crippen LogP contribution in [0.15, 0.2) is 48.5 Å². The lowest BCUT2D eigenvalue weighted by Crippen LogP contribution is -2.52. The van der Waals surface area contributed by atoms with Gasteiger partial charge in [-0.1, -0.05) is 31.4 Å². The van der Waals surface area contributed by atoms with Gasteiger partial charge in [0.25, 0.3) is 0 Å². The molecule has 1 aliphatic carbocycles. The molecule has 5 nitrogen and oxygen atoms in total. The number of amides is 1. The number of nitrogens with one attached hydrogen (secondary N) is 1. The lowest BCUT2D eigenvalue weighted by molar-refractivity contribution is -0.122. The van der Waals surface area contributed by atoms with Crippen molar-refractivity contribution in [1.82, 2.24) is 0 Å². The Morgan fingerprint density at radius 3 is 2.23 bits per heavy atom. The Balaban J connectivity index is 0.00000243. The second-order valence-electron chi connectivity index (χ2n) is 6.45. The van der Waals surface area contributed by atoms with Gasteiger partial charge in [0.2, 0.25) is 5.91 Å². The molecule has 0 aliphatic heterocycles. The summed E-state index contributed by atoms with van der Waals surface area (Å²) in [4.78, 5) is 12.5. The van der Waals surface area contributed by atoms with E-state index >= 15 is 0 Å². The maximum absolute atomic E-state index is 12.5. The van der Waals surface area contributed by atoms with Crippen molar-refractivity contribution < 1.29 is 14.3 Å². The first-order chi connectivity index (χ1) is 12.1. The molecule has 1 saturated carbocycles. The minimum absolute atomic E-state index is 0. The smallest absolute Gasteiger partial charge is 0.244 e. The van der Waals surface area contributed by atoms with E-state index in [1.54, 1.807) is 7.11 Å². The largest absolute Gasteiger partial charge is 0.493 e. The number of rotatable bonds is 5. The number of methoxy groups -OCH3 is 1. The molecular formula is C20H25ClN2O3. The number of hydrogen-bond donors (Lipinski definition) is 2. The first kappa shape index (κ1) is 20.1. The van der Waals surface area contributed by atoms with Gasteiger partial charge in [0.15, 0.2) is 11.5 Å². The molecule has 0 heterocycles. The van der Waals surface area contributed by atoms with Crippen LogP contribution in [0.4, 0.5) is 5.69 Å². The van der Waals surface area contributed by atoms with Crippen LogP contribution in [0.1, 0.15) is 32.1 Å². The Bertz CT molecular complexity index is 728. The average molecular weight is 377 g/mol. The van der Waals surface area contributed by atoms with Gasteiger partial charge in [0.05, 0.1) is 12.6 Å². The molecule has 1 aliphatic rings. The van der Waals surface area contributed by atoms with E-state index in [9.17, 15) is 4.79 Å². The number of benzene rings is 2. The highest BCUT2D eigenvalue weighted by Gasteiger charge is 2.35. The Labute approximate surface area is 160 Å². The molecule has 3 N–H and O–H groups in total.